The Hall–Kier alpha value is -3.52. The predicted octanol–water partition coefficient (Wildman–Crippen LogP) is 3.24. The standard InChI is InChI=1S/C23H20ClN7O/c24-17-5-6-30-13-26-20(21(30)8-17)10-25-23(32)16-9-27-31(11-16)12-22-28-18-4-3-15(14-1-2-14)7-19(18)29-22/h3-9,11,13-14,19H,1-2,10,12H2,(H,25,32). The van der Waals surface area contributed by atoms with Crippen LogP contribution in [0.5, 0.6) is 0 Å². The molecule has 1 atom stereocenters. The summed E-state index contributed by atoms with van der Waals surface area (Å²) in [5, 5.41) is 7.83. The SMILES string of the molecule is O=C(NCc1ncn2ccc(Cl)cc12)c1cnn(CC2=NC3C=C(C4CC4)C=CC3=N2)c1. The Bertz CT molecular complexity index is 1360. The number of aliphatic imine (C=N–C) groups is 2. The van der Waals surface area contributed by atoms with E-state index in [1.54, 1.807) is 29.5 Å². The fourth-order valence-corrected chi connectivity index (χ4v) is 4.20. The van der Waals surface area contributed by atoms with Gasteiger partial charge in [-0.2, -0.15) is 5.10 Å². The van der Waals surface area contributed by atoms with Gasteiger partial charge in [0.05, 0.1) is 41.6 Å². The van der Waals surface area contributed by atoms with Crippen molar-refractivity contribution in [3.05, 3.63) is 77.1 Å². The normalized spacial score (nSPS) is 19.5. The first-order valence-corrected chi connectivity index (χ1v) is 11.0. The molecule has 0 radical (unpaired) electrons. The lowest BCUT2D eigenvalue weighted by atomic mass is 9.99. The molecular formula is C23H20ClN7O. The van der Waals surface area contributed by atoms with Crippen molar-refractivity contribution in [3.63, 3.8) is 0 Å². The van der Waals surface area contributed by atoms with Gasteiger partial charge in [0.2, 0.25) is 0 Å². The van der Waals surface area contributed by atoms with Crippen molar-refractivity contribution >= 4 is 34.6 Å². The molecule has 160 valence electrons. The third-order valence-electron chi connectivity index (χ3n) is 5.89. The summed E-state index contributed by atoms with van der Waals surface area (Å²) in [6, 6.07) is 3.63. The number of pyridine rings is 1. The maximum Gasteiger partial charge on any atom is 0.254 e. The number of hydrogen-bond acceptors (Lipinski definition) is 5. The quantitative estimate of drug-likeness (QED) is 0.631. The lowest BCUT2D eigenvalue weighted by molar-refractivity contribution is 0.0950. The number of fused-ring (bicyclic) bond motifs is 2. The average molecular weight is 446 g/mol. The van der Waals surface area contributed by atoms with Crippen LogP contribution in [0.2, 0.25) is 5.02 Å². The smallest absolute Gasteiger partial charge is 0.254 e. The summed E-state index contributed by atoms with van der Waals surface area (Å²) in [4.78, 5) is 26.3. The van der Waals surface area contributed by atoms with Crippen molar-refractivity contribution in [2.24, 2.45) is 15.9 Å². The van der Waals surface area contributed by atoms with Crippen molar-refractivity contribution in [2.45, 2.75) is 32.0 Å². The molecule has 0 aromatic carbocycles. The van der Waals surface area contributed by atoms with E-state index in [4.69, 9.17) is 16.6 Å². The summed E-state index contributed by atoms with van der Waals surface area (Å²) in [5.74, 6) is 1.21. The molecule has 1 amide bonds. The number of amidine groups is 1. The van der Waals surface area contributed by atoms with E-state index < -0.39 is 0 Å². The molecule has 8 nitrogen and oxygen atoms in total. The van der Waals surface area contributed by atoms with Gasteiger partial charge in [0.15, 0.2) is 0 Å². The molecule has 1 aliphatic heterocycles. The fraction of sp³-hybridized carbons (Fsp3) is 0.261. The van der Waals surface area contributed by atoms with Crippen LogP contribution in [0, 0.1) is 5.92 Å². The number of carbonyl (C=O) groups is 1. The minimum Gasteiger partial charge on any atom is -0.346 e. The van der Waals surface area contributed by atoms with E-state index in [0.29, 0.717) is 29.6 Å². The molecule has 3 aliphatic rings. The topological polar surface area (TPSA) is 88.9 Å². The molecule has 1 N–H and O–H groups in total. The number of allylic oxidation sites excluding steroid dienone is 2. The third kappa shape index (κ3) is 3.67. The summed E-state index contributed by atoms with van der Waals surface area (Å²) in [5.41, 5.74) is 4.44. The Morgan fingerprint density at radius 2 is 2.19 bits per heavy atom. The maximum absolute atomic E-state index is 12.6. The number of amides is 1. The highest BCUT2D eigenvalue weighted by molar-refractivity contribution is 6.30. The number of carbonyl (C=O) groups excluding carboxylic acids is 1. The summed E-state index contributed by atoms with van der Waals surface area (Å²) in [7, 11) is 0. The second-order valence-corrected chi connectivity index (χ2v) is 8.68. The van der Waals surface area contributed by atoms with Crippen molar-refractivity contribution in [1.29, 1.82) is 0 Å². The first-order chi connectivity index (χ1) is 15.6. The Morgan fingerprint density at radius 1 is 1.28 bits per heavy atom. The molecule has 0 saturated heterocycles. The zero-order valence-electron chi connectivity index (χ0n) is 17.1. The van der Waals surface area contributed by atoms with Crippen LogP contribution in [0.15, 0.2) is 70.8 Å². The Labute approximate surface area is 189 Å². The van der Waals surface area contributed by atoms with E-state index in [0.717, 1.165) is 22.8 Å². The van der Waals surface area contributed by atoms with Gasteiger partial charge in [-0.15, -0.1) is 0 Å². The Balaban J connectivity index is 1.10. The van der Waals surface area contributed by atoms with Crippen LogP contribution >= 0.6 is 11.6 Å². The molecule has 32 heavy (non-hydrogen) atoms. The molecule has 0 bridgehead atoms. The number of halogens is 1. The van der Waals surface area contributed by atoms with Crippen molar-refractivity contribution in [3.8, 4) is 0 Å². The van der Waals surface area contributed by atoms with E-state index in [1.807, 2.05) is 16.7 Å². The maximum atomic E-state index is 12.6. The van der Waals surface area contributed by atoms with Gasteiger partial charge >= 0.3 is 0 Å². The molecular weight excluding hydrogens is 426 g/mol. The molecule has 4 heterocycles. The monoisotopic (exact) mass is 445 g/mol. The zero-order valence-corrected chi connectivity index (χ0v) is 17.9. The summed E-state index contributed by atoms with van der Waals surface area (Å²) >= 11 is 6.08. The van der Waals surface area contributed by atoms with Crippen molar-refractivity contribution in [2.75, 3.05) is 0 Å². The summed E-state index contributed by atoms with van der Waals surface area (Å²) < 4.78 is 3.56. The van der Waals surface area contributed by atoms with Crippen LogP contribution in [-0.2, 0) is 13.1 Å². The highest BCUT2D eigenvalue weighted by Gasteiger charge is 2.29. The van der Waals surface area contributed by atoms with Crippen molar-refractivity contribution < 1.29 is 4.79 Å². The zero-order chi connectivity index (χ0) is 21.7. The molecule has 1 saturated carbocycles. The summed E-state index contributed by atoms with van der Waals surface area (Å²) in [6.45, 7) is 0.725. The minimum absolute atomic E-state index is 0.0159. The number of nitrogens with zero attached hydrogens (tertiary/aromatic N) is 6. The van der Waals surface area contributed by atoms with Crippen LogP contribution in [-0.4, -0.2) is 42.7 Å². The Morgan fingerprint density at radius 3 is 3.06 bits per heavy atom. The number of nitrogens with one attached hydrogen (secondary N) is 1. The van der Waals surface area contributed by atoms with E-state index in [1.165, 1.54) is 18.4 Å². The second kappa shape index (κ2) is 7.56. The minimum atomic E-state index is -0.215. The molecule has 2 aliphatic carbocycles. The highest BCUT2D eigenvalue weighted by Crippen LogP contribution is 2.39. The van der Waals surface area contributed by atoms with Gasteiger partial charge in [-0.25, -0.2) is 9.98 Å². The van der Waals surface area contributed by atoms with Gasteiger partial charge in [-0.3, -0.25) is 14.5 Å². The third-order valence-corrected chi connectivity index (χ3v) is 6.13. The fourth-order valence-electron chi connectivity index (χ4n) is 4.04. The molecule has 3 aromatic rings. The van der Waals surface area contributed by atoms with Crippen LogP contribution in [0.25, 0.3) is 5.52 Å². The van der Waals surface area contributed by atoms with Gasteiger partial charge < -0.3 is 9.72 Å². The Kier molecular flexibility index (Phi) is 4.53. The first kappa shape index (κ1) is 19.2. The van der Waals surface area contributed by atoms with Gasteiger partial charge in [0.25, 0.3) is 5.91 Å². The summed E-state index contributed by atoms with van der Waals surface area (Å²) in [6.07, 6.45) is 15.8. The van der Waals surface area contributed by atoms with E-state index in [-0.39, 0.29) is 11.9 Å². The van der Waals surface area contributed by atoms with Crippen molar-refractivity contribution in [1.82, 2.24) is 24.5 Å². The predicted molar refractivity (Wildman–Crippen MR) is 122 cm³/mol. The molecule has 0 spiro atoms. The number of aromatic nitrogens is 4. The first-order valence-electron chi connectivity index (χ1n) is 10.6. The molecule has 1 fully saturated rings. The molecule has 1 unspecified atom stereocenters. The number of imidazole rings is 1. The number of rotatable bonds is 6. The lowest BCUT2D eigenvalue weighted by Crippen LogP contribution is -2.22. The van der Waals surface area contributed by atoms with E-state index >= 15 is 0 Å². The van der Waals surface area contributed by atoms with Crippen LogP contribution in [0.3, 0.4) is 0 Å². The van der Waals surface area contributed by atoms with Crippen LogP contribution in [0.4, 0.5) is 0 Å². The van der Waals surface area contributed by atoms with Gasteiger partial charge in [0, 0.05) is 17.4 Å². The highest BCUT2D eigenvalue weighted by atomic mass is 35.5. The van der Waals surface area contributed by atoms with Gasteiger partial charge in [0.1, 0.15) is 18.4 Å². The second-order valence-electron chi connectivity index (χ2n) is 8.24. The van der Waals surface area contributed by atoms with E-state index in [9.17, 15) is 4.79 Å². The molecule has 9 heteroatoms. The van der Waals surface area contributed by atoms with Gasteiger partial charge in [-0.1, -0.05) is 23.8 Å². The average Bonchev–Trinajstić information content (AvgIpc) is 3.21. The lowest BCUT2D eigenvalue weighted by Gasteiger charge is -2.10. The van der Waals surface area contributed by atoms with Gasteiger partial charge in [-0.05, 0) is 42.5 Å². The van der Waals surface area contributed by atoms with Crippen LogP contribution < -0.4 is 5.32 Å². The molecule has 6 rings (SSSR count). The van der Waals surface area contributed by atoms with E-state index in [2.05, 4.69) is 38.6 Å². The number of hydrogen-bond donors (Lipinski definition) is 1. The molecule has 3 aromatic heterocycles. The van der Waals surface area contributed by atoms with Crippen LogP contribution in [0.1, 0.15) is 28.9 Å². The largest absolute Gasteiger partial charge is 0.346 e.